The Labute approximate surface area is 129 Å². The molecule has 1 aromatic carbocycles. The monoisotopic (exact) mass is 303 g/mol. The summed E-state index contributed by atoms with van der Waals surface area (Å²) in [7, 11) is 1.66. The fourth-order valence-corrected chi connectivity index (χ4v) is 3.04. The Morgan fingerprint density at radius 1 is 1.41 bits per heavy atom. The topological polar surface area (TPSA) is 49.7 Å². The van der Waals surface area contributed by atoms with E-state index in [1.807, 2.05) is 26.0 Å². The number of ether oxygens (including phenoxy) is 3. The van der Waals surface area contributed by atoms with Crippen LogP contribution < -0.4 is 4.74 Å². The minimum absolute atomic E-state index is 0.0598. The molecule has 2 aromatic rings. The van der Waals surface area contributed by atoms with Gasteiger partial charge >= 0.3 is 5.97 Å². The first-order chi connectivity index (χ1) is 10.6. The van der Waals surface area contributed by atoms with Crippen LogP contribution in [0.5, 0.6) is 5.75 Å². The maximum atomic E-state index is 11.8. The quantitative estimate of drug-likeness (QED) is 0.815. The summed E-state index contributed by atoms with van der Waals surface area (Å²) in [5.41, 5.74) is 2.16. The van der Waals surface area contributed by atoms with Gasteiger partial charge in [0.15, 0.2) is 0 Å². The van der Waals surface area contributed by atoms with E-state index in [9.17, 15) is 4.79 Å². The molecule has 3 rings (SSSR count). The highest BCUT2D eigenvalue weighted by molar-refractivity contribution is 5.83. The lowest BCUT2D eigenvalue weighted by molar-refractivity contribution is -0.148. The number of hydrogen-bond acceptors (Lipinski definition) is 4. The first-order valence-electron chi connectivity index (χ1n) is 7.60. The Hall–Kier alpha value is -2.01. The molecule has 1 aliphatic rings. The molecule has 2 heterocycles. The molecule has 118 valence electrons. The van der Waals surface area contributed by atoms with Gasteiger partial charge in [0.2, 0.25) is 0 Å². The second kappa shape index (κ2) is 6.01. The van der Waals surface area contributed by atoms with E-state index < -0.39 is 0 Å². The van der Waals surface area contributed by atoms with Crippen LogP contribution in [0.2, 0.25) is 0 Å². The molecule has 0 aliphatic carbocycles. The highest BCUT2D eigenvalue weighted by Gasteiger charge is 2.29. The van der Waals surface area contributed by atoms with Gasteiger partial charge in [0.05, 0.1) is 26.2 Å². The minimum Gasteiger partial charge on any atom is -0.497 e. The normalized spacial score (nSPS) is 20.7. The van der Waals surface area contributed by atoms with Gasteiger partial charge in [-0.2, -0.15) is 0 Å². The summed E-state index contributed by atoms with van der Waals surface area (Å²) in [4.78, 5) is 11.8. The first kappa shape index (κ1) is 14.9. The summed E-state index contributed by atoms with van der Waals surface area (Å²) < 4.78 is 18.5. The summed E-state index contributed by atoms with van der Waals surface area (Å²) >= 11 is 0. The van der Waals surface area contributed by atoms with Crippen molar-refractivity contribution in [1.82, 2.24) is 4.57 Å². The van der Waals surface area contributed by atoms with Crippen molar-refractivity contribution in [1.29, 1.82) is 0 Å². The van der Waals surface area contributed by atoms with Gasteiger partial charge in [-0.1, -0.05) is 0 Å². The molecule has 5 nitrogen and oxygen atoms in total. The van der Waals surface area contributed by atoms with Crippen LogP contribution in [-0.4, -0.2) is 30.4 Å². The molecule has 0 fully saturated rings. The third-order valence-electron chi connectivity index (χ3n) is 3.96. The molecular weight excluding hydrogens is 282 g/mol. The van der Waals surface area contributed by atoms with Crippen molar-refractivity contribution in [3.63, 3.8) is 0 Å². The second-order valence-corrected chi connectivity index (χ2v) is 5.55. The summed E-state index contributed by atoms with van der Waals surface area (Å²) in [5.74, 6) is 0.599. The van der Waals surface area contributed by atoms with E-state index in [1.54, 1.807) is 7.11 Å². The van der Waals surface area contributed by atoms with Crippen LogP contribution in [0.15, 0.2) is 24.3 Å². The number of rotatable bonds is 4. The maximum Gasteiger partial charge on any atom is 0.308 e. The second-order valence-electron chi connectivity index (χ2n) is 5.55. The molecular formula is C17H21NO4. The highest BCUT2D eigenvalue weighted by Crippen LogP contribution is 2.35. The zero-order chi connectivity index (χ0) is 15.7. The third-order valence-corrected chi connectivity index (χ3v) is 3.96. The predicted molar refractivity (Wildman–Crippen MR) is 83.0 cm³/mol. The van der Waals surface area contributed by atoms with Crippen LogP contribution in [0.3, 0.4) is 0 Å². The summed E-state index contributed by atoms with van der Waals surface area (Å²) in [6.07, 6.45) is 0.0388. The largest absolute Gasteiger partial charge is 0.497 e. The van der Waals surface area contributed by atoms with E-state index >= 15 is 0 Å². The molecule has 5 heteroatoms. The van der Waals surface area contributed by atoms with Crippen molar-refractivity contribution >= 4 is 16.9 Å². The van der Waals surface area contributed by atoms with Crippen molar-refractivity contribution < 1.29 is 19.0 Å². The van der Waals surface area contributed by atoms with Gasteiger partial charge in [0, 0.05) is 23.1 Å². The highest BCUT2D eigenvalue weighted by atomic mass is 16.5. The Morgan fingerprint density at radius 2 is 2.23 bits per heavy atom. The van der Waals surface area contributed by atoms with Crippen LogP contribution in [0.25, 0.3) is 10.9 Å². The number of nitrogens with zero attached hydrogens (tertiary/aromatic N) is 1. The molecule has 0 amide bonds. The Kier molecular flexibility index (Phi) is 4.07. The van der Waals surface area contributed by atoms with Crippen LogP contribution in [0.4, 0.5) is 0 Å². The standard InChI is InChI=1S/C17H21NO4/c1-4-21-17(19)9-16-15-8-12-7-13(20-3)5-6-14(12)18(15)10-11(2)22-16/h5-8,11,16H,4,9-10H2,1-3H3/t11-,16+/m0/s1. The van der Waals surface area contributed by atoms with Gasteiger partial charge in [-0.25, -0.2) is 0 Å². The Balaban J connectivity index is 1.99. The number of carbonyl (C=O) groups is 1. The van der Waals surface area contributed by atoms with Crippen molar-refractivity contribution in [3.05, 3.63) is 30.0 Å². The molecule has 0 saturated carbocycles. The minimum atomic E-state index is -0.263. The lowest BCUT2D eigenvalue weighted by Crippen LogP contribution is -2.29. The van der Waals surface area contributed by atoms with Gasteiger partial charge in [0.25, 0.3) is 0 Å². The smallest absolute Gasteiger partial charge is 0.308 e. The molecule has 0 bridgehead atoms. The van der Waals surface area contributed by atoms with Crippen molar-refractivity contribution in [2.45, 2.75) is 39.0 Å². The molecule has 22 heavy (non-hydrogen) atoms. The molecule has 1 aromatic heterocycles. The molecule has 0 spiro atoms. The molecule has 0 radical (unpaired) electrons. The van der Waals surface area contributed by atoms with Gasteiger partial charge in [-0.3, -0.25) is 4.79 Å². The van der Waals surface area contributed by atoms with Crippen LogP contribution in [0.1, 0.15) is 32.1 Å². The summed E-state index contributed by atoms with van der Waals surface area (Å²) in [6.45, 7) is 5.01. The number of fused-ring (bicyclic) bond motifs is 3. The number of aromatic nitrogens is 1. The van der Waals surface area contributed by atoms with Gasteiger partial charge in [-0.15, -0.1) is 0 Å². The van der Waals surface area contributed by atoms with Crippen LogP contribution >= 0.6 is 0 Å². The SMILES string of the molecule is CCOC(=O)C[C@H]1O[C@@H](C)Cn2c1cc1cc(OC)ccc12. The van der Waals surface area contributed by atoms with E-state index in [4.69, 9.17) is 14.2 Å². The number of benzene rings is 1. The number of carbonyl (C=O) groups excluding carboxylic acids is 1. The van der Waals surface area contributed by atoms with Crippen molar-refractivity contribution in [3.8, 4) is 5.75 Å². The zero-order valence-electron chi connectivity index (χ0n) is 13.2. The van der Waals surface area contributed by atoms with E-state index in [0.29, 0.717) is 6.61 Å². The number of hydrogen-bond donors (Lipinski definition) is 0. The summed E-state index contributed by atoms with van der Waals surface area (Å²) in [6, 6.07) is 8.09. The first-order valence-corrected chi connectivity index (χ1v) is 7.60. The fourth-order valence-electron chi connectivity index (χ4n) is 3.04. The lowest BCUT2D eigenvalue weighted by Gasteiger charge is -2.30. The van der Waals surface area contributed by atoms with Crippen molar-refractivity contribution in [2.24, 2.45) is 0 Å². The fraction of sp³-hybridized carbons (Fsp3) is 0.471. The maximum absolute atomic E-state index is 11.8. The van der Waals surface area contributed by atoms with Gasteiger partial charge in [0.1, 0.15) is 11.9 Å². The zero-order valence-corrected chi connectivity index (χ0v) is 13.2. The lowest BCUT2D eigenvalue weighted by atomic mass is 10.1. The van der Waals surface area contributed by atoms with Crippen molar-refractivity contribution in [2.75, 3.05) is 13.7 Å². The average Bonchev–Trinajstić information content (AvgIpc) is 2.85. The molecule has 0 N–H and O–H groups in total. The third kappa shape index (κ3) is 2.68. The molecule has 0 saturated heterocycles. The number of methoxy groups -OCH3 is 1. The molecule has 1 aliphatic heterocycles. The molecule has 0 unspecified atom stereocenters. The average molecular weight is 303 g/mol. The number of esters is 1. The van der Waals surface area contributed by atoms with Crippen LogP contribution in [-0.2, 0) is 20.8 Å². The van der Waals surface area contributed by atoms with Crippen LogP contribution in [0, 0.1) is 0 Å². The van der Waals surface area contributed by atoms with E-state index in [-0.39, 0.29) is 24.6 Å². The van der Waals surface area contributed by atoms with Gasteiger partial charge < -0.3 is 18.8 Å². The predicted octanol–water partition coefficient (Wildman–Crippen LogP) is 3.06. The Morgan fingerprint density at radius 3 is 2.95 bits per heavy atom. The van der Waals surface area contributed by atoms with E-state index in [1.165, 1.54) is 0 Å². The van der Waals surface area contributed by atoms with Gasteiger partial charge in [-0.05, 0) is 38.1 Å². The molecule has 2 atom stereocenters. The Bertz CT molecular complexity index is 691. The van der Waals surface area contributed by atoms with E-state index in [2.05, 4.69) is 16.7 Å². The summed E-state index contributed by atoms with van der Waals surface area (Å²) in [5, 5.41) is 1.10. The van der Waals surface area contributed by atoms with E-state index in [0.717, 1.165) is 28.9 Å².